The van der Waals surface area contributed by atoms with Crippen LogP contribution < -0.4 is 4.72 Å². The van der Waals surface area contributed by atoms with E-state index in [2.05, 4.69) is 4.72 Å². The molecule has 1 aliphatic rings. The van der Waals surface area contributed by atoms with Gasteiger partial charge in [0.05, 0.1) is 15.6 Å². The molecule has 1 fully saturated rings. The molecular formula is C22H27Cl2FN2O4S. The van der Waals surface area contributed by atoms with E-state index in [1.54, 1.807) is 18.2 Å². The fourth-order valence-electron chi connectivity index (χ4n) is 4.13. The largest absolute Gasteiger partial charge is 0.390 e. The Morgan fingerprint density at radius 3 is 2.47 bits per heavy atom. The summed E-state index contributed by atoms with van der Waals surface area (Å²) < 4.78 is 40.8. The van der Waals surface area contributed by atoms with Crippen LogP contribution in [-0.2, 0) is 16.4 Å². The van der Waals surface area contributed by atoms with Gasteiger partial charge in [0.1, 0.15) is 10.7 Å². The Morgan fingerprint density at radius 2 is 1.81 bits per heavy atom. The molecule has 1 heterocycles. The van der Waals surface area contributed by atoms with Crippen LogP contribution in [0.2, 0.25) is 10.0 Å². The van der Waals surface area contributed by atoms with Crippen LogP contribution in [0.4, 0.5) is 4.39 Å². The monoisotopic (exact) mass is 504 g/mol. The summed E-state index contributed by atoms with van der Waals surface area (Å²) in [6.45, 7) is 0.531. The molecule has 3 N–H and O–H groups in total. The van der Waals surface area contributed by atoms with Crippen LogP contribution in [0.3, 0.4) is 0 Å². The van der Waals surface area contributed by atoms with E-state index in [9.17, 15) is 23.1 Å². The van der Waals surface area contributed by atoms with Gasteiger partial charge in [-0.15, -0.1) is 0 Å². The smallest absolute Gasteiger partial charge is 0.243 e. The quantitative estimate of drug-likeness (QED) is 0.463. The molecule has 32 heavy (non-hydrogen) atoms. The van der Waals surface area contributed by atoms with Crippen molar-refractivity contribution < 1.29 is 23.1 Å². The van der Waals surface area contributed by atoms with E-state index in [4.69, 9.17) is 23.2 Å². The summed E-state index contributed by atoms with van der Waals surface area (Å²) in [5.41, 5.74) is -0.181. The lowest BCUT2D eigenvalue weighted by atomic mass is 9.85. The van der Waals surface area contributed by atoms with Gasteiger partial charge >= 0.3 is 0 Å². The zero-order chi connectivity index (χ0) is 23.4. The molecule has 6 nitrogen and oxygen atoms in total. The van der Waals surface area contributed by atoms with Gasteiger partial charge in [0.15, 0.2) is 0 Å². The fourth-order valence-corrected chi connectivity index (χ4v) is 6.35. The molecular weight excluding hydrogens is 478 g/mol. The minimum absolute atomic E-state index is 0.0408. The van der Waals surface area contributed by atoms with Gasteiger partial charge < -0.3 is 10.3 Å². The van der Waals surface area contributed by atoms with Gasteiger partial charge in [0.2, 0.25) is 10.0 Å². The molecule has 0 aliphatic carbocycles. The molecule has 10 heteroatoms. The molecule has 2 unspecified atom stereocenters. The van der Waals surface area contributed by atoms with Crippen molar-refractivity contribution >= 4 is 33.2 Å². The highest BCUT2D eigenvalue weighted by Crippen LogP contribution is 2.32. The van der Waals surface area contributed by atoms with Crippen LogP contribution in [0, 0.1) is 5.82 Å². The molecule has 0 saturated carbocycles. The number of benzene rings is 2. The molecule has 2 aromatic carbocycles. The van der Waals surface area contributed by atoms with E-state index < -0.39 is 15.6 Å². The van der Waals surface area contributed by atoms with Gasteiger partial charge in [0.25, 0.3) is 0 Å². The Kier molecular flexibility index (Phi) is 8.54. The first-order valence-corrected chi connectivity index (χ1v) is 12.7. The number of hydrogen-bond acceptors (Lipinski definition) is 5. The Hall–Kier alpha value is -1.26. The van der Waals surface area contributed by atoms with Crippen molar-refractivity contribution in [3.63, 3.8) is 0 Å². The van der Waals surface area contributed by atoms with E-state index in [-0.39, 0.29) is 33.3 Å². The van der Waals surface area contributed by atoms with E-state index in [1.807, 2.05) is 0 Å². The second kappa shape index (κ2) is 10.8. The maximum atomic E-state index is 13.2. The summed E-state index contributed by atoms with van der Waals surface area (Å²) in [5, 5.41) is 22.9. The Labute approximate surface area is 198 Å². The van der Waals surface area contributed by atoms with Crippen LogP contribution in [0.5, 0.6) is 0 Å². The molecule has 2 atom stereocenters. The van der Waals surface area contributed by atoms with E-state index in [1.165, 1.54) is 29.3 Å². The van der Waals surface area contributed by atoms with Crippen LogP contribution in [0.25, 0.3) is 0 Å². The number of rotatable bonds is 8. The number of nitrogens with zero attached hydrogens (tertiary/aromatic N) is 1. The second-order valence-electron chi connectivity index (χ2n) is 8.23. The summed E-state index contributed by atoms with van der Waals surface area (Å²) in [4.78, 5) is -0.160. The molecule has 0 bridgehead atoms. The Balaban J connectivity index is 1.59. The summed E-state index contributed by atoms with van der Waals surface area (Å²) in [6, 6.07) is 10.2. The van der Waals surface area contributed by atoms with Crippen molar-refractivity contribution in [2.75, 3.05) is 13.1 Å². The maximum absolute atomic E-state index is 13.2. The summed E-state index contributed by atoms with van der Waals surface area (Å²) in [7, 11) is -3.89. The van der Waals surface area contributed by atoms with E-state index >= 15 is 0 Å². The Morgan fingerprint density at radius 1 is 1.16 bits per heavy atom. The lowest BCUT2D eigenvalue weighted by Gasteiger charge is -2.31. The topological polar surface area (TPSA) is 89.9 Å². The minimum Gasteiger partial charge on any atom is -0.390 e. The summed E-state index contributed by atoms with van der Waals surface area (Å²) in [6.07, 6.45) is 2.65. The molecule has 0 amide bonds. The number of hydroxylamine groups is 2. The molecule has 0 radical (unpaired) electrons. The molecule has 176 valence electrons. The summed E-state index contributed by atoms with van der Waals surface area (Å²) >= 11 is 12.0. The molecule has 0 aromatic heterocycles. The number of hydrogen-bond donors (Lipinski definition) is 3. The van der Waals surface area contributed by atoms with Crippen LogP contribution in [0.15, 0.2) is 47.4 Å². The lowest BCUT2D eigenvalue weighted by Crippen LogP contribution is -2.39. The van der Waals surface area contributed by atoms with Crippen molar-refractivity contribution in [3.8, 4) is 0 Å². The average molecular weight is 505 g/mol. The standard InChI is InChI=1S/C22H27Cl2FN2O4S/c23-19-4-1-5-20(24)21(19)32(30,31)26-12-2-10-22(28)11-3-13-27(29)18(15-22)14-16-6-8-17(25)9-7-16/h1,4-9,18,26,28-29H,2-3,10-15H2. The molecule has 1 saturated heterocycles. The van der Waals surface area contributed by atoms with Crippen molar-refractivity contribution in [1.82, 2.24) is 9.79 Å². The maximum Gasteiger partial charge on any atom is 0.243 e. The van der Waals surface area contributed by atoms with Crippen molar-refractivity contribution in [1.29, 1.82) is 0 Å². The molecule has 2 aromatic rings. The van der Waals surface area contributed by atoms with E-state index in [0.29, 0.717) is 45.1 Å². The third-order valence-corrected chi connectivity index (χ3v) is 8.17. The highest BCUT2D eigenvalue weighted by Gasteiger charge is 2.35. The van der Waals surface area contributed by atoms with Gasteiger partial charge in [-0.1, -0.05) is 41.4 Å². The minimum atomic E-state index is -3.89. The highest BCUT2D eigenvalue weighted by molar-refractivity contribution is 7.89. The Bertz CT molecular complexity index is 1000. The molecule has 3 rings (SSSR count). The van der Waals surface area contributed by atoms with Gasteiger partial charge in [-0.2, -0.15) is 5.06 Å². The van der Waals surface area contributed by atoms with Gasteiger partial charge in [-0.25, -0.2) is 17.5 Å². The zero-order valence-corrected chi connectivity index (χ0v) is 19.8. The lowest BCUT2D eigenvalue weighted by molar-refractivity contribution is -0.132. The van der Waals surface area contributed by atoms with Crippen LogP contribution in [0.1, 0.15) is 37.7 Å². The van der Waals surface area contributed by atoms with Gasteiger partial charge in [-0.05, 0) is 68.4 Å². The first-order chi connectivity index (χ1) is 15.1. The van der Waals surface area contributed by atoms with Crippen LogP contribution >= 0.6 is 23.2 Å². The first kappa shape index (κ1) is 25.4. The molecule has 0 spiro atoms. The predicted octanol–water partition coefficient (Wildman–Crippen LogP) is 4.41. The number of nitrogens with one attached hydrogen (secondary N) is 1. The number of sulfonamides is 1. The van der Waals surface area contributed by atoms with Crippen molar-refractivity contribution in [2.24, 2.45) is 0 Å². The van der Waals surface area contributed by atoms with Gasteiger partial charge in [0, 0.05) is 19.1 Å². The van der Waals surface area contributed by atoms with E-state index in [0.717, 1.165) is 5.56 Å². The van der Waals surface area contributed by atoms with Gasteiger partial charge in [-0.3, -0.25) is 0 Å². The fraction of sp³-hybridized carbons (Fsp3) is 0.455. The molecule has 1 aliphatic heterocycles. The third kappa shape index (κ3) is 6.63. The number of aliphatic hydroxyl groups is 1. The summed E-state index contributed by atoms with van der Waals surface area (Å²) in [5.74, 6) is -0.326. The number of halogens is 3. The normalized spacial score (nSPS) is 22.6. The van der Waals surface area contributed by atoms with Crippen LogP contribution in [-0.4, -0.2) is 48.5 Å². The van der Waals surface area contributed by atoms with Crippen molar-refractivity contribution in [2.45, 2.75) is 55.1 Å². The zero-order valence-electron chi connectivity index (χ0n) is 17.5. The predicted molar refractivity (Wildman–Crippen MR) is 122 cm³/mol. The SMILES string of the molecule is O=S(=O)(NCCCC1(O)CCCN(O)C(Cc2ccc(F)cc2)C1)c1c(Cl)cccc1Cl. The first-order valence-electron chi connectivity index (χ1n) is 10.5. The third-order valence-electron chi connectivity index (χ3n) is 5.75. The average Bonchev–Trinajstić information content (AvgIpc) is 2.85. The highest BCUT2D eigenvalue weighted by atomic mass is 35.5. The second-order valence-corrected chi connectivity index (χ2v) is 10.7. The van der Waals surface area contributed by atoms with Crippen molar-refractivity contribution in [3.05, 3.63) is 63.9 Å².